The van der Waals surface area contributed by atoms with Gasteiger partial charge in [0.1, 0.15) is 5.82 Å². The number of nitrogens with zero attached hydrogens (tertiary/aromatic N) is 1. The Bertz CT molecular complexity index is 716. The standard InChI is InChI=1S/C15H13FN2O2S/c1-10-9-17-15(21-10)18-14(20)12-6-5-11(13(16)8-12)4-2-3-7-19/h5-6,8-9,19H,3,7H2,1H3,(H,17,18,20). The predicted molar refractivity (Wildman–Crippen MR) is 79.8 cm³/mol. The van der Waals surface area contributed by atoms with Crippen molar-refractivity contribution in [3.8, 4) is 11.8 Å². The number of rotatable bonds is 3. The topological polar surface area (TPSA) is 62.2 Å². The molecule has 0 bridgehead atoms. The minimum atomic E-state index is -0.566. The molecule has 0 unspecified atom stereocenters. The van der Waals surface area contributed by atoms with Gasteiger partial charge in [0.05, 0.1) is 12.2 Å². The molecule has 0 aliphatic carbocycles. The summed E-state index contributed by atoms with van der Waals surface area (Å²) in [5.41, 5.74) is 0.401. The molecule has 0 atom stereocenters. The van der Waals surface area contributed by atoms with Crippen molar-refractivity contribution < 1.29 is 14.3 Å². The maximum Gasteiger partial charge on any atom is 0.257 e. The number of carbonyl (C=O) groups is 1. The number of benzene rings is 1. The molecule has 0 radical (unpaired) electrons. The van der Waals surface area contributed by atoms with E-state index < -0.39 is 11.7 Å². The van der Waals surface area contributed by atoms with Gasteiger partial charge in [-0.05, 0) is 25.1 Å². The van der Waals surface area contributed by atoms with Gasteiger partial charge in [-0.3, -0.25) is 10.1 Å². The van der Waals surface area contributed by atoms with Crippen LogP contribution in [0.2, 0.25) is 0 Å². The Balaban J connectivity index is 2.12. The van der Waals surface area contributed by atoms with Crippen molar-refractivity contribution >= 4 is 22.4 Å². The van der Waals surface area contributed by atoms with Gasteiger partial charge in [-0.1, -0.05) is 11.8 Å². The molecule has 0 saturated carbocycles. The van der Waals surface area contributed by atoms with Gasteiger partial charge in [0, 0.05) is 23.1 Å². The highest BCUT2D eigenvalue weighted by Crippen LogP contribution is 2.18. The number of nitrogens with one attached hydrogen (secondary N) is 1. The van der Waals surface area contributed by atoms with Crippen molar-refractivity contribution in [2.75, 3.05) is 11.9 Å². The third-order valence-corrected chi connectivity index (χ3v) is 3.36. The van der Waals surface area contributed by atoms with Gasteiger partial charge in [0.25, 0.3) is 5.91 Å². The number of hydrogen-bond donors (Lipinski definition) is 2. The zero-order valence-corrected chi connectivity index (χ0v) is 12.1. The van der Waals surface area contributed by atoms with Crippen LogP contribution in [0, 0.1) is 24.6 Å². The van der Waals surface area contributed by atoms with Gasteiger partial charge >= 0.3 is 0 Å². The largest absolute Gasteiger partial charge is 0.395 e. The molecule has 1 aromatic heterocycles. The number of amides is 1. The van der Waals surface area contributed by atoms with Crippen LogP contribution in [-0.4, -0.2) is 22.6 Å². The summed E-state index contributed by atoms with van der Waals surface area (Å²) in [5, 5.41) is 11.7. The summed E-state index contributed by atoms with van der Waals surface area (Å²) in [4.78, 5) is 17.0. The zero-order chi connectivity index (χ0) is 15.2. The van der Waals surface area contributed by atoms with Gasteiger partial charge in [-0.25, -0.2) is 9.37 Å². The molecule has 108 valence electrons. The molecule has 21 heavy (non-hydrogen) atoms. The molecular weight excluding hydrogens is 291 g/mol. The van der Waals surface area contributed by atoms with Crippen LogP contribution in [0.4, 0.5) is 9.52 Å². The Kier molecular flexibility index (Phi) is 5.04. The Morgan fingerprint density at radius 2 is 2.33 bits per heavy atom. The number of carbonyl (C=O) groups excluding carboxylic acids is 1. The molecular formula is C15H13FN2O2S. The molecule has 1 heterocycles. The molecule has 6 heteroatoms. The van der Waals surface area contributed by atoms with E-state index in [1.54, 1.807) is 6.20 Å². The van der Waals surface area contributed by atoms with Crippen LogP contribution in [0.3, 0.4) is 0 Å². The SMILES string of the molecule is Cc1cnc(NC(=O)c2ccc(C#CCCO)c(F)c2)s1. The van der Waals surface area contributed by atoms with E-state index in [1.165, 1.54) is 23.5 Å². The van der Waals surface area contributed by atoms with E-state index in [4.69, 9.17) is 5.11 Å². The number of hydrogen-bond acceptors (Lipinski definition) is 4. The fourth-order valence-corrected chi connectivity index (χ4v) is 2.21. The van der Waals surface area contributed by atoms with E-state index in [-0.39, 0.29) is 24.2 Å². The number of aryl methyl sites for hydroxylation is 1. The molecule has 2 aromatic rings. The third-order valence-electron chi connectivity index (χ3n) is 2.53. The third kappa shape index (κ3) is 4.12. The summed E-state index contributed by atoms with van der Waals surface area (Å²) in [6.45, 7) is 1.81. The molecule has 2 rings (SSSR count). The molecule has 2 N–H and O–H groups in total. The average Bonchev–Trinajstić information content (AvgIpc) is 2.86. The molecule has 0 saturated heterocycles. The highest BCUT2D eigenvalue weighted by atomic mass is 32.1. The van der Waals surface area contributed by atoms with Crippen LogP contribution < -0.4 is 5.32 Å². The minimum Gasteiger partial charge on any atom is -0.395 e. The van der Waals surface area contributed by atoms with E-state index in [0.29, 0.717) is 5.13 Å². The monoisotopic (exact) mass is 304 g/mol. The Morgan fingerprint density at radius 3 is 2.95 bits per heavy atom. The highest BCUT2D eigenvalue weighted by Gasteiger charge is 2.10. The molecule has 0 spiro atoms. The molecule has 1 aromatic carbocycles. The lowest BCUT2D eigenvalue weighted by Crippen LogP contribution is -2.12. The second-order valence-electron chi connectivity index (χ2n) is 4.20. The van der Waals surface area contributed by atoms with Crippen molar-refractivity contribution in [2.45, 2.75) is 13.3 Å². The van der Waals surface area contributed by atoms with E-state index in [1.807, 2.05) is 6.92 Å². The number of aliphatic hydroxyl groups excluding tert-OH is 1. The summed E-state index contributed by atoms with van der Waals surface area (Å²) in [7, 11) is 0. The fourth-order valence-electron chi connectivity index (χ4n) is 1.55. The fraction of sp³-hybridized carbons (Fsp3) is 0.200. The highest BCUT2D eigenvalue weighted by molar-refractivity contribution is 7.15. The van der Waals surface area contributed by atoms with E-state index in [2.05, 4.69) is 22.1 Å². The number of thiazole rings is 1. The van der Waals surface area contributed by atoms with Crippen LogP contribution in [0.15, 0.2) is 24.4 Å². The average molecular weight is 304 g/mol. The summed E-state index contributed by atoms with van der Waals surface area (Å²) >= 11 is 1.35. The first-order valence-electron chi connectivity index (χ1n) is 6.23. The summed E-state index contributed by atoms with van der Waals surface area (Å²) in [6, 6.07) is 4.09. The quantitative estimate of drug-likeness (QED) is 0.857. The number of aromatic nitrogens is 1. The van der Waals surface area contributed by atoms with Gasteiger partial charge in [-0.15, -0.1) is 11.3 Å². The van der Waals surface area contributed by atoms with Crippen molar-refractivity contribution in [1.29, 1.82) is 0 Å². The van der Waals surface area contributed by atoms with Crippen LogP contribution in [0.1, 0.15) is 27.2 Å². The summed E-state index contributed by atoms with van der Waals surface area (Å²) < 4.78 is 13.8. The summed E-state index contributed by atoms with van der Waals surface area (Å²) in [5.74, 6) is 4.26. The normalized spacial score (nSPS) is 9.86. The van der Waals surface area contributed by atoms with Crippen LogP contribution in [-0.2, 0) is 0 Å². The Labute approximate surface area is 125 Å². The first kappa shape index (κ1) is 15.2. The predicted octanol–water partition coefficient (Wildman–Crippen LogP) is 2.58. The van der Waals surface area contributed by atoms with Crippen molar-refractivity contribution in [2.24, 2.45) is 0 Å². The molecule has 1 amide bonds. The molecule has 0 aliphatic rings. The van der Waals surface area contributed by atoms with Gasteiger partial charge in [0.15, 0.2) is 5.13 Å². The van der Waals surface area contributed by atoms with Crippen LogP contribution in [0.25, 0.3) is 0 Å². The second kappa shape index (κ2) is 6.97. The second-order valence-corrected chi connectivity index (χ2v) is 5.43. The lowest BCUT2D eigenvalue weighted by atomic mass is 10.1. The zero-order valence-electron chi connectivity index (χ0n) is 11.3. The van der Waals surface area contributed by atoms with Gasteiger partial charge < -0.3 is 5.11 Å². The lowest BCUT2D eigenvalue weighted by molar-refractivity contribution is 0.102. The van der Waals surface area contributed by atoms with E-state index >= 15 is 0 Å². The Hall–Kier alpha value is -2.23. The van der Waals surface area contributed by atoms with Gasteiger partial charge in [-0.2, -0.15) is 0 Å². The number of aliphatic hydroxyl groups is 1. The van der Waals surface area contributed by atoms with E-state index in [0.717, 1.165) is 10.9 Å². The van der Waals surface area contributed by atoms with Gasteiger partial charge in [0.2, 0.25) is 0 Å². The van der Waals surface area contributed by atoms with E-state index in [9.17, 15) is 9.18 Å². The molecule has 0 fully saturated rings. The Morgan fingerprint density at radius 1 is 1.52 bits per heavy atom. The van der Waals surface area contributed by atoms with Crippen LogP contribution >= 0.6 is 11.3 Å². The first-order chi connectivity index (χ1) is 10.1. The molecule has 4 nitrogen and oxygen atoms in total. The maximum atomic E-state index is 13.8. The maximum absolute atomic E-state index is 13.8. The van der Waals surface area contributed by atoms with Crippen molar-refractivity contribution in [3.63, 3.8) is 0 Å². The number of halogens is 1. The number of anilines is 1. The molecule has 0 aliphatic heterocycles. The first-order valence-corrected chi connectivity index (χ1v) is 7.05. The minimum absolute atomic E-state index is 0.0671. The summed E-state index contributed by atoms with van der Waals surface area (Å²) in [6.07, 6.45) is 1.94. The lowest BCUT2D eigenvalue weighted by Gasteiger charge is -2.02. The van der Waals surface area contributed by atoms with Crippen molar-refractivity contribution in [3.05, 3.63) is 46.2 Å². The van der Waals surface area contributed by atoms with Crippen molar-refractivity contribution in [1.82, 2.24) is 4.98 Å². The van der Waals surface area contributed by atoms with Crippen LogP contribution in [0.5, 0.6) is 0 Å². The smallest absolute Gasteiger partial charge is 0.257 e.